The predicted octanol–water partition coefficient (Wildman–Crippen LogP) is 3.38. The van der Waals surface area contributed by atoms with Crippen molar-refractivity contribution in [1.29, 1.82) is 0 Å². The van der Waals surface area contributed by atoms with Crippen molar-refractivity contribution >= 4 is 24.1 Å². The molecule has 0 unspecified atom stereocenters. The average molecular weight is 356 g/mol. The Hall–Kier alpha value is -1.60. The van der Waals surface area contributed by atoms with E-state index < -0.39 is 22.6 Å². The molecule has 0 aromatic rings. The van der Waals surface area contributed by atoms with Crippen molar-refractivity contribution in [1.82, 2.24) is 0 Å². The summed E-state index contributed by atoms with van der Waals surface area (Å²) in [5, 5.41) is 9.77. The molecule has 0 atom stereocenters. The minimum atomic E-state index is -1.81. The zero-order chi connectivity index (χ0) is 18.5. The first-order valence-corrected chi connectivity index (χ1v) is 9.35. The van der Waals surface area contributed by atoms with Gasteiger partial charge in [0.25, 0.3) is 0 Å². The van der Waals surface area contributed by atoms with Gasteiger partial charge in [-0.05, 0) is 12.8 Å². The van der Waals surface area contributed by atoms with Crippen molar-refractivity contribution in [3.8, 4) is 0 Å². The summed E-state index contributed by atoms with van der Waals surface area (Å²) in [5.74, 6) is -2.30. The van der Waals surface area contributed by atoms with Gasteiger partial charge in [-0.1, -0.05) is 51.4 Å². The van der Waals surface area contributed by atoms with E-state index in [4.69, 9.17) is 0 Å². The van der Waals surface area contributed by atoms with E-state index in [0.29, 0.717) is 12.8 Å². The predicted molar refractivity (Wildman–Crippen MR) is 88.9 cm³/mol. The molecule has 1 aliphatic heterocycles. The fourth-order valence-electron chi connectivity index (χ4n) is 2.86. The zero-order valence-corrected chi connectivity index (χ0v) is 14.9. The molecule has 0 radical (unpaired) electrons. The van der Waals surface area contributed by atoms with E-state index >= 15 is 0 Å². The Morgan fingerprint density at radius 3 is 1.80 bits per heavy atom. The maximum Gasteiger partial charge on any atom is 0.397 e. The molecular formula is C18H30NO6+. The number of aldehydes is 1. The first-order chi connectivity index (χ1) is 12.0. The van der Waals surface area contributed by atoms with Gasteiger partial charge in [0.15, 0.2) is 0 Å². The second-order valence-corrected chi connectivity index (χ2v) is 6.57. The molecule has 1 rings (SSSR count). The molecule has 1 fully saturated rings. The van der Waals surface area contributed by atoms with Gasteiger partial charge in [0, 0.05) is 6.42 Å². The number of hydroxylamine groups is 4. The van der Waals surface area contributed by atoms with Crippen LogP contribution in [0.3, 0.4) is 0 Å². The van der Waals surface area contributed by atoms with Crippen molar-refractivity contribution in [3.63, 3.8) is 0 Å². The van der Waals surface area contributed by atoms with Gasteiger partial charge < -0.3 is 4.79 Å². The minimum absolute atomic E-state index is 0.0951. The third kappa shape index (κ3) is 7.88. The summed E-state index contributed by atoms with van der Waals surface area (Å²) in [6.07, 6.45) is 12.0. The van der Waals surface area contributed by atoms with Crippen molar-refractivity contribution < 1.29 is 34.0 Å². The number of amides is 2. The Labute approximate surface area is 148 Å². The van der Waals surface area contributed by atoms with Crippen LogP contribution in [0.25, 0.3) is 0 Å². The number of imide groups is 1. The van der Waals surface area contributed by atoms with Crippen molar-refractivity contribution in [3.05, 3.63) is 0 Å². The quantitative estimate of drug-likeness (QED) is 0.168. The summed E-state index contributed by atoms with van der Waals surface area (Å²) in [6.45, 7) is 0. The second kappa shape index (κ2) is 11.9. The number of carbonyl (C=O) groups is 4. The van der Waals surface area contributed by atoms with Crippen molar-refractivity contribution in [2.45, 2.75) is 89.9 Å². The van der Waals surface area contributed by atoms with Crippen LogP contribution in [0.5, 0.6) is 0 Å². The lowest BCUT2D eigenvalue weighted by Crippen LogP contribution is -2.50. The second-order valence-electron chi connectivity index (χ2n) is 6.57. The summed E-state index contributed by atoms with van der Waals surface area (Å²) in [4.78, 5) is 47.5. The highest BCUT2D eigenvalue weighted by atomic mass is 17.0. The molecule has 1 heterocycles. The molecule has 7 heteroatoms. The Kier molecular flexibility index (Phi) is 10.2. The highest BCUT2D eigenvalue weighted by Gasteiger charge is 2.55. The van der Waals surface area contributed by atoms with Crippen LogP contribution in [0.2, 0.25) is 0 Å². The molecule has 0 aromatic carbocycles. The fraction of sp³-hybridized carbons (Fsp3) is 0.778. The summed E-state index contributed by atoms with van der Waals surface area (Å²) in [5.41, 5.74) is 0. The molecule has 1 aliphatic rings. The van der Waals surface area contributed by atoms with Crippen molar-refractivity contribution in [2.24, 2.45) is 0 Å². The lowest BCUT2D eigenvalue weighted by molar-refractivity contribution is -1.12. The smallest absolute Gasteiger partial charge is 0.303 e. The minimum Gasteiger partial charge on any atom is -0.303 e. The first kappa shape index (κ1) is 21.4. The van der Waals surface area contributed by atoms with Crippen LogP contribution in [-0.2, 0) is 24.0 Å². The number of carbonyl (C=O) groups excluding carboxylic acids is 4. The number of hydrogen-bond acceptors (Lipinski definition) is 6. The summed E-state index contributed by atoms with van der Waals surface area (Å²) < 4.78 is 0. The molecule has 1 saturated heterocycles. The topological polar surface area (TPSA) is 97.7 Å². The third-order valence-corrected chi connectivity index (χ3v) is 4.42. The van der Waals surface area contributed by atoms with Crippen molar-refractivity contribution in [2.75, 3.05) is 0 Å². The normalized spacial score (nSPS) is 16.2. The maximum atomic E-state index is 11.7. The monoisotopic (exact) mass is 356 g/mol. The van der Waals surface area contributed by atoms with Crippen LogP contribution >= 0.6 is 0 Å². The molecule has 1 N–H and O–H groups in total. The lowest BCUT2D eigenvalue weighted by atomic mass is 10.1. The summed E-state index contributed by atoms with van der Waals surface area (Å²) in [6, 6.07) is 0. The van der Waals surface area contributed by atoms with E-state index in [2.05, 4.69) is 4.84 Å². The highest BCUT2D eigenvalue weighted by Crippen LogP contribution is 2.21. The van der Waals surface area contributed by atoms with Crippen LogP contribution < -0.4 is 0 Å². The van der Waals surface area contributed by atoms with Gasteiger partial charge in [0.05, 0.1) is 19.3 Å². The molecule has 0 spiro atoms. The average Bonchev–Trinajstić information content (AvgIpc) is 2.83. The standard InChI is InChI=1S/C18H30NO6/c20-15-11-9-7-5-3-1-2-4-6-8-10-12-18(23)25-19(24)16(21)13-14-17(19)22/h15,24H,1-14H2/q+1. The molecule has 142 valence electrons. The van der Waals surface area contributed by atoms with E-state index in [1.807, 2.05) is 0 Å². The molecule has 25 heavy (non-hydrogen) atoms. The van der Waals surface area contributed by atoms with Crippen LogP contribution in [0.4, 0.5) is 0 Å². The third-order valence-electron chi connectivity index (χ3n) is 4.42. The van der Waals surface area contributed by atoms with Gasteiger partial charge in [-0.15, -0.1) is 0 Å². The van der Waals surface area contributed by atoms with Crippen LogP contribution in [0.1, 0.15) is 89.9 Å². The van der Waals surface area contributed by atoms with Gasteiger partial charge in [-0.3, -0.25) is 0 Å². The lowest BCUT2D eigenvalue weighted by Gasteiger charge is -2.15. The van der Waals surface area contributed by atoms with Crippen LogP contribution in [0, 0.1) is 0 Å². The van der Waals surface area contributed by atoms with Gasteiger partial charge in [0.2, 0.25) is 0 Å². The highest BCUT2D eigenvalue weighted by molar-refractivity contribution is 5.91. The Bertz CT molecular complexity index is 446. The molecule has 0 saturated carbocycles. The van der Waals surface area contributed by atoms with Gasteiger partial charge in [-0.2, -0.15) is 5.21 Å². The Balaban J connectivity index is 1.96. The summed E-state index contributed by atoms with van der Waals surface area (Å²) >= 11 is 0. The molecule has 0 bridgehead atoms. The maximum absolute atomic E-state index is 11.7. The SMILES string of the molecule is O=CCCCCCCCCCCCCC(=O)O[N+]1(O)C(=O)CCC1=O. The largest absolute Gasteiger partial charge is 0.397 e. The van der Waals surface area contributed by atoms with E-state index in [-0.39, 0.29) is 19.3 Å². The van der Waals surface area contributed by atoms with E-state index in [9.17, 15) is 24.4 Å². The Morgan fingerprint density at radius 1 is 0.880 bits per heavy atom. The van der Waals surface area contributed by atoms with Gasteiger partial charge >= 0.3 is 17.8 Å². The molecular weight excluding hydrogens is 326 g/mol. The number of hydrogen-bond donors (Lipinski definition) is 1. The summed E-state index contributed by atoms with van der Waals surface area (Å²) in [7, 11) is 0. The Morgan fingerprint density at radius 2 is 1.32 bits per heavy atom. The van der Waals surface area contributed by atoms with E-state index in [1.165, 1.54) is 19.3 Å². The molecule has 0 aromatic heterocycles. The number of unbranched alkanes of at least 4 members (excludes halogenated alkanes) is 10. The van der Waals surface area contributed by atoms with E-state index in [1.54, 1.807) is 0 Å². The molecule has 7 nitrogen and oxygen atoms in total. The number of quaternary nitrogens is 1. The van der Waals surface area contributed by atoms with E-state index in [0.717, 1.165) is 44.8 Å². The fourth-order valence-corrected chi connectivity index (χ4v) is 2.86. The van der Waals surface area contributed by atoms with Crippen LogP contribution in [0.15, 0.2) is 0 Å². The number of nitrogens with zero attached hydrogens (tertiary/aromatic N) is 1. The number of rotatable bonds is 14. The molecule has 2 amide bonds. The zero-order valence-electron chi connectivity index (χ0n) is 14.9. The van der Waals surface area contributed by atoms with Gasteiger partial charge in [0.1, 0.15) is 11.1 Å². The molecule has 0 aliphatic carbocycles. The van der Waals surface area contributed by atoms with Gasteiger partial charge in [-0.25, -0.2) is 19.2 Å². The first-order valence-electron chi connectivity index (χ1n) is 9.35. The van der Waals surface area contributed by atoms with Crippen LogP contribution in [-0.4, -0.2) is 34.1 Å².